The average Bonchev–Trinajstić information content (AvgIpc) is 2.57. The van der Waals surface area contributed by atoms with E-state index in [1.165, 1.54) is 0 Å². The van der Waals surface area contributed by atoms with Gasteiger partial charge in [-0.1, -0.05) is 0 Å². The minimum Gasteiger partial charge on any atom is -0.379 e. The van der Waals surface area contributed by atoms with Crippen molar-refractivity contribution in [3.63, 3.8) is 0 Å². The van der Waals surface area contributed by atoms with Crippen LogP contribution < -0.4 is 32.5 Å². The number of halogens is 1. The van der Waals surface area contributed by atoms with Gasteiger partial charge in [-0.25, -0.2) is 9.82 Å². The molecule has 0 aromatic rings. The number of nitrogens with one attached hydrogen (secondary N) is 5. The number of hydrogen-bond donors (Lipinski definition) is 6. The Labute approximate surface area is 130 Å². The third-order valence-corrected chi connectivity index (χ3v) is 4.62. The van der Waals surface area contributed by atoms with Crippen LogP contribution in [0.4, 0.5) is 4.39 Å². The second-order valence-corrected chi connectivity index (χ2v) is 6.20. The lowest BCUT2D eigenvalue weighted by Gasteiger charge is -2.45. The molecule has 2 aliphatic heterocycles. The summed E-state index contributed by atoms with van der Waals surface area (Å²) in [4.78, 5) is 2.29. The lowest BCUT2D eigenvalue weighted by atomic mass is 9.94. The van der Waals surface area contributed by atoms with Gasteiger partial charge < -0.3 is 4.74 Å². The van der Waals surface area contributed by atoms with Crippen LogP contribution in [0.1, 0.15) is 25.7 Å². The summed E-state index contributed by atoms with van der Waals surface area (Å²) in [5.41, 5.74) is 2.73. The predicted octanol–water partition coefficient (Wildman–Crippen LogP) is -1.71. The molecule has 0 spiro atoms. The molecule has 7 N–H and O–H groups in total. The first-order valence-electron chi connectivity index (χ1n) is 8.21. The van der Waals surface area contributed by atoms with E-state index in [0.717, 1.165) is 39.1 Å². The molecule has 2 heterocycles. The zero-order valence-electron chi connectivity index (χ0n) is 12.9. The molecule has 128 valence electrons. The van der Waals surface area contributed by atoms with Gasteiger partial charge in [0.15, 0.2) is 0 Å². The molecular formula is C13H28FN7O. The van der Waals surface area contributed by atoms with Crippen LogP contribution in [0.15, 0.2) is 0 Å². The molecule has 1 aliphatic carbocycles. The van der Waals surface area contributed by atoms with E-state index >= 15 is 0 Å². The van der Waals surface area contributed by atoms with E-state index in [9.17, 15) is 4.39 Å². The lowest BCUT2D eigenvalue weighted by Crippen LogP contribution is -2.79. The molecule has 3 rings (SSSR count). The summed E-state index contributed by atoms with van der Waals surface area (Å²) in [5.74, 6) is 5.59. The highest BCUT2D eigenvalue weighted by molar-refractivity contribution is 4.85. The summed E-state index contributed by atoms with van der Waals surface area (Å²) in [6, 6.07) is 0.332. The first-order chi connectivity index (χ1) is 10.7. The van der Waals surface area contributed by atoms with Crippen LogP contribution in [-0.4, -0.2) is 62.3 Å². The number of hydrogen-bond acceptors (Lipinski definition) is 8. The first kappa shape index (κ1) is 16.5. The van der Waals surface area contributed by atoms with Gasteiger partial charge in [0.2, 0.25) is 0 Å². The quantitative estimate of drug-likeness (QED) is 0.269. The van der Waals surface area contributed by atoms with Crippen molar-refractivity contribution in [2.24, 2.45) is 5.84 Å². The Hall–Kier alpha value is -0.390. The van der Waals surface area contributed by atoms with E-state index in [4.69, 9.17) is 10.6 Å². The van der Waals surface area contributed by atoms with E-state index in [0.29, 0.717) is 18.9 Å². The number of hydrazine groups is 1. The third kappa shape index (κ3) is 4.33. The normalized spacial score (nSPS) is 41.5. The van der Waals surface area contributed by atoms with Gasteiger partial charge in [-0.05, 0) is 25.7 Å². The maximum atomic E-state index is 13.2. The Morgan fingerprint density at radius 1 is 1.00 bits per heavy atom. The SMILES string of the molecule is NNC1NC(NC2CCC(F)CC2)NC(N2CCOCC2)N1. The zero-order valence-corrected chi connectivity index (χ0v) is 12.9. The van der Waals surface area contributed by atoms with E-state index < -0.39 is 6.17 Å². The number of alkyl halides is 1. The van der Waals surface area contributed by atoms with Crippen LogP contribution in [0.3, 0.4) is 0 Å². The fraction of sp³-hybridized carbons (Fsp3) is 1.00. The second-order valence-electron chi connectivity index (χ2n) is 6.20. The van der Waals surface area contributed by atoms with Crippen molar-refractivity contribution in [2.45, 2.75) is 56.8 Å². The fourth-order valence-corrected chi connectivity index (χ4v) is 3.32. The van der Waals surface area contributed by atoms with Crippen LogP contribution in [0.5, 0.6) is 0 Å². The summed E-state index contributed by atoms with van der Waals surface area (Å²) in [7, 11) is 0. The molecule has 3 fully saturated rings. The van der Waals surface area contributed by atoms with Crippen molar-refractivity contribution in [2.75, 3.05) is 26.3 Å². The summed E-state index contributed by atoms with van der Waals surface area (Å²) in [6.07, 6.45) is 2.16. The van der Waals surface area contributed by atoms with Crippen molar-refractivity contribution in [1.29, 1.82) is 0 Å². The zero-order chi connectivity index (χ0) is 15.4. The van der Waals surface area contributed by atoms with E-state index in [1.807, 2.05) is 0 Å². The van der Waals surface area contributed by atoms with Crippen LogP contribution in [0.25, 0.3) is 0 Å². The summed E-state index contributed by atoms with van der Waals surface area (Å²) in [6.45, 7) is 3.24. The van der Waals surface area contributed by atoms with Gasteiger partial charge in [-0.15, -0.1) is 0 Å². The molecule has 8 nitrogen and oxygen atoms in total. The van der Waals surface area contributed by atoms with Crippen molar-refractivity contribution >= 4 is 0 Å². The van der Waals surface area contributed by atoms with Crippen molar-refractivity contribution < 1.29 is 9.13 Å². The Balaban J connectivity index is 1.53. The smallest absolute Gasteiger partial charge is 0.128 e. The van der Waals surface area contributed by atoms with Gasteiger partial charge in [0, 0.05) is 19.1 Å². The van der Waals surface area contributed by atoms with Crippen LogP contribution in [0, 0.1) is 0 Å². The maximum absolute atomic E-state index is 13.2. The van der Waals surface area contributed by atoms with Gasteiger partial charge >= 0.3 is 0 Å². The molecule has 1 saturated carbocycles. The Morgan fingerprint density at radius 2 is 1.68 bits per heavy atom. The van der Waals surface area contributed by atoms with Gasteiger partial charge in [0.1, 0.15) is 25.0 Å². The van der Waals surface area contributed by atoms with Crippen molar-refractivity contribution in [1.82, 2.24) is 31.6 Å². The standard InChI is InChI=1S/C13H28FN7O/c14-9-1-3-10(4-2-9)16-11-17-12(20-15)19-13(18-11)21-5-7-22-8-6-21/h9-13,16-20H,1-8,15H2. The molecule has 0 aromatic heterocycles. The minimum absolute atomic E-state index is 0.0150. The molecule has 3 atom stereocenters. The molecule has 0 radical (unpaired) electrons. The van der Waals surface area contributed by atoms with Crippen molar-refractivity contribution in [3.8, 4) is 0 Å². The number of rotatable bonds is 4. The molecule has 3 unspecified atom stereocenters. The third-order valence-electron chi connectivity index (χ3n) is 4.62. The lowest BCUT2D eigenvalue weighted by molar-refractivity contribution is -0.0298. The van der Waals surface area contributed by atoms with E-state index in [-0.39, 0.29) is 18.9 Å². The van der Waals surface area contributed by atoms with Gasteiger partial charge in [0.05, 0.1) is 13.2 Å². The molecule has 22 heavy (non-hydrogen) atoms. The largest absolute Gasteiger partial charge is 0.379 e. The number of nitrogens with zero attached hydrogens (tertiary/aromatic N) is 1. The molecule has 2 saturated heterocycles. The second kappa shape index (κ2) is 7.93. The van der Waals surface area contributed by atoms with Crippen LogP contribution in [0.2, 0.25) is 0 Å². The monoisotopic (exact) mass is 317 g/mol. The highest BCUT2D eigenvalue weighted by Gasteiger charge is 2.32. The minimum atomic E-state index is -0.633. The van der Waals surface area contributed by atoms with Gasteiger partial charge in [-0.3, -0.25) is 32.0 Å². The molecule has 0 aromatic carbocycles. The summed E-state index contributed by atoms with van der Waals surface area (Å²) < 4.78 is 18.6. The molecular weight excluding hydrogens is 289 g/mol. The van der Waals surface area contributed by atoms with Crippen LogP contribution >= 0.6 is 0 Å². The van der Waals surface area contributed by atoms with E-state index in [2.05, 4.69) is 31.6 Å². The summed E-state index contributed by atoms with van der Waals surface area (Å²) in [5, 5.41) is 13.7. The van der Waals surface area contributed by atoms with Crippen LogP contribution in [-0.2, 0) is 4.74 Å². The molecule has 3 aliphatic rings. The van der Waals surface area contributed by atoms with Crippen molar-refractivity contribution in [3.05, 3.63) is 0 Å². The Kier molecular flexibility index (Phi) is 5.94. The molecule has 0 amide bonds. The molecule has 9 heteroatoms. The predicted molar refractivity (Wildman–Crippen MR) is 80.8 cm³/mol. The highest BCUT2D eigenvalue weighted by atomic mass is 19.1. The average molecular weight is 317 g/mol. The van der Waals surface area contributed by atoms with Gasteiger partial charge in [0.25, 0.3) is 0 Å². The highest BCUT2D eigenvalue weighted by Crippen LogP contribution is 2.21. The topological polar surface area (TPSA) is 98.6 Å². The summed E-state index contributed by atoms with van der Waals surface area (Å²) >= 11 is 0. The first-order valence-corrected chi connectivity index (χ1v) is 8.21. The number of ether oxygens (including phenoxy) is 1. The fourth-order valence-electron chi connectivity index (χ4n) is 3.32. The Bertz CT molecular complexity index is 336. The maximum Gasteiger partial charge on any atom is 0.128 e. The van der Waals surface area contributed by atoms with E-state index in [1.54, 1.807) is 0 Å². The molecule has 0 bridgehead atoms. The van der Waals surface area contributed by atoms with Gasteiger partial charge in [-0.2, -0.15) is 0 Å². The Morgan fingerprint density at radius 3 is 2.36 bits per heavy atom. The number of nitrogens with two attached hydrogens (primary N) is 1. The number of morpholine rings is 1.